The highest BCUT2D eigenvalue weighted by molar-refractivity contribution is 5.67. The maximum atomic E-state index is 11.4. The van der Waals surface area contributed by atoms with Gasteiger partial charge in [-0.2, -0.15) is 0 Å². The van der Waals surface area contributed by atoms with Crippen molar-refractivity contribution in [3.05, 3.63) is 41.1 Å². The van der Waals surface area contributed by atoms with Crippen LogP contribution in [0.25, 0.3) is 0 Å². The molecule has 1 fully saturated rings. The van der Waals surface area contributed by atoms with E-state index in [9.17, 15) is 10.0 Å². The number of hydrogen-bond donors (Lipinski definition) is 2. The lowest BCUT2D eigenvalue weighted by Crippen LogP contribution is -3.22. The highest BCUT2D eigenvalue weighted by atomic mass is 16.5. The molecule has 1 amide bonds. The van der Waals surface area contributed by atoms with Crippen LogP contribution in [0.3, 0.4) is 0 Å². The van der Waals surface area contributed by atoms with E-state index in [-0.39, 0.29) is 23.8 Å². The third-order valence-electron chi connectivity index (χ3n) is 3.05. The second-order valence-electron chi connectivity index (χ2n) is 4.27. The van der Waals surface area contributed by atoms with E-state index < -0.39 is 6.09 Å². The minimum Gasteiger partial charge on any atom is -0.634 e. The van der Waals surface area contributed by atoms with Gasteiger partial charge < -0.3 is 20.3 Å². The second kappa shape index (κ2) is 5.16. The van der Waals surface area contributed by atoms with E-state index >= 15 is 0 Å². The lowest BCUT2D eigenvalue weighted by molar-refractivity contribution is -0.921. The zero-order valence-corrected chi connectivity index (χ0v) is 9.68. The molecular formula is C12H16N2O3. The van der Waals surface area contributed by atoms with Gasteiger partial charge in [0.15, 0.2) is 0 Å². The van der Waals surface area contributed by atoms with Crippen molar-refractivity contribution in [2.24, 2.45) is 0 Å². The van der Waals surface area contributed by atoms with Crippen molar-refractivity contribution in [2.75, 3.05) is 6.54 Å². The molecule has 5 nitrogen and oxygen atoms in total. The topological polar surface area (TPSA) is 65.8 Å². The molecule has 2 rings (SSSR count). The van der Waals surface area contributed by atoms with Crippen molar-refractivity contribution in [2.45, 2.75) is 25.6 Å². The molecule has 2 N–H and O–H groups in total. The average molecular weight is 236 g/mol. The van der Waals surface area contributed by atoms with Gasteiger partial charge in [-0.1, -0.05) is 30.3 Å². The standard InChI is InChI=1S/C12H16N2O3/c1-9-11(7-14(9)16)13-12(15)17-8-10-5-3-2-4-6-10/h2-6,9,11,14H,7-8H2,1H3,(H,13,15)/t9?,11-/m0/s1. The fourth-order valence-electron chi connectivity index (χ4n) is 1.74. The Bertz CT molecular complexity index is 383. The largest absolute Gasteiger partial charge is 0.634 e. The van der Waals surface area contributed by atoms with Gasteiger partial charge in [-0.3, -0.25) is 0 Å². The Kier molecular flexibility index (Phi) is 3.61. The number of quaternary nitrogens is 1. The van der Waals surface area contributed by atoms with E-state index in [1.54, 1.807) is 0 Å². The molecule has 0 aliphatic carbocycles. The Labute approximate surface area is 99.9 Å². The molecule has 0 bridgehead atoms. The van der Waals surface area contributed by atoms with E-state index in [0.717, 1.165) is 5.56 Å². The molecule has 0 aromatic heterocycles. The number of hydrogen-bond acceptors (Lipinski definition) is 3. The quantitative estimate of drug-likeness (QED) is 0.730. The van der Waals surface area contributed by atoms with Crippen molar-refractivity contribution in [1.82, 2.24) is 5.32 Å². The first kappa shape index (κ1) is 11.9. The van der Waals surface area contributed by atoms with E-state index in [4.69, 9.17) is 4.74 Å². The first-order chi connectivity index (χ1) is 8.16. The molecule has 1 aliphatic heterocycles. The summed E-state index contributed by atoms with van der Waals surface area (Å²) in [5.41, 5.74) is 0.945. The fraction of sp³-hybridized carbons (Fsp3) is 0.417. The van der Waals surface area contributed by atoms with Gasteiger partial charge in [-0.05, 0) is 12.5 Å². The predicted molar refractivity (Wildman–Crippen MR) is 62.2 cm³/mol. The number of alkyl carbamates (subject to hydrolysis) is 1. The van der Waals surface area contributed by atoms with Crippen LogP contribution in [0.2, 0.25) is 0 Å². The summed E-state index contributed by atoms with van der Waals surface area (Å²) in [6.45, 7) is 2.48. The zero-order valence-electron chi connectivity index (χ0n) is 9.68. The highest BCUT2D eigenvalue weighted by Gasteiger charge is 2.36. The van der Waals surface area contributed by atoms with Crippen molar-refractivity contribution in [3.8, 4) is 0 Å². The van der Waals surface area contributed by atoms with Gasteiger partial charge in [0.1, 0.15) is 25.2 Å². The Morgan fingerprint density at radius 2 is 2.24 bits per heavy atom. The van der Waals surface area contributed by atoms with Crippen molar-refractivity contribution in [3.63, 3.8) is 0 Å². The van der Waals surface area contributed by atoms with Crippen LogP contribution in [0.5, 0.6) is 0 Å². The zero-order chi connectivity index (χ0) is 12.3. The maximum Gasteiger partial charge on any atom is 0.408 e. The normalized spacial score (nSPS) is 27.1. The van der Waals surface area contributed by atoms with Gasteiger partial charge in [-0.25, -0.2) is 4.79 Å². The molecule has 17 heavy (non-hydrogen) atoms. The van der Waals surface area contributed by atoms with Gasteiger partial charge in [0, 0.05) is 0 Å². The summed E-state index contributed by atoms with van der Waals surface area (Å²) >= 11 is 0. The van der Waals surface area contributed by atoms with E-state index in [0.29, 0.717) is 6.54 Å². The van der Waals surface area contributed by atoms with Crippen LogP contribution in [-0.4, -0.2) is 24.7 Å². The fourth-order valence-corrected chi connectivity index (χ4v) is 1.74. The van der Waals surface area contributed by atoms with Crippen LogP contribution in [0.4, 0.5) is 4.79 Å². The number of rotatable bonds is 3. The summed E-state index contributed by atoms with van der Waals surface area (Å²) in [6, 6.07) is 9.33. The summed E-state index contributed by atoms with van der Waals surface area (Å²) in [6.07, 6.45) is -0.460. The number of carbonyl (C=O) groups is 1. The summed E-state index contributed by atoms with van der Waals surface area (Å²) in [5, 5.41) is 13.9. The average Bonchev–Trinajstić information content (AvgIpc) is 2.37. The number of benzene rings is 1. The van der Waals surface area contributed by atoms with Crippen molar-refractivity contribution >= 4 is 6.09 Å². The first-order valence-corrected chi connectivity index (χ1v) is 5.67. The van der Waals surface area contributed by atoms with Crippen LogP contribution in [0, 0.1) is 5.21 Å². The Morgan fingerprint density at radius 3 is 2.82 bits per heavy atom. The summed E-state index contributed by atoms with van der Waals surface area (Å²) in [7, 11) is 0. The lowest BCUT2D eigenvalue weighted by atomic mass is 10.0. The predicted octanol–water partition coefficient (Wildman–Crippen LogP) is 0.0662. The Balaban J connectivity index is 1.72. The van der Waals surface area contributed by atoms with Crippen LogP contribution >= 0.6 is 0 Å². The first-order valence-electron chi connectivity index (χ1n) is 5.67. The summed E-state index contributed by atoms with van der Waals surface area (Å²) in [5.74, 6) is 0. The van der Waals surface area contributed by atoms with Gasteiger partial charge in [0.05, 0.1) is 0 Å². The van der Waals surface area contributed by atoms with Crippen molar-refractivity contribution < 1.29 is 14.6 Å². The molecule has 5 heteroatoms. The smallest absolute Gasteiger partial charge is 0.408 e. The number of carbonyl (C=O) groups excluding carboxylic acids is 1. The molecule has 3 atom stereocenters. The Hall–Kier alpha value is -1.59. The monoisotopic (exact) mass is 236 g/mol. The molecule has 0 saturated carbocycles. The SMILES string of the molecule is CC1[C@@H](NC(=O)OCc2ccccc2)C[NH+]1[O-]. The number of amides is 1. The minimum atomic E-state index is -0.460. The molecule has 2 unspecified atom stereocenters. The second-order valence-corrected chi connectivity index (χ2v) is 4.27. The maximum absolute atomic E-state index is 11.4. The summed E-state index contributed by atoms with van der Waals surface area (Å²) < 4.78 is 5.06. The van der Waals surface area contributed by atoms with Crippen LogP contribution in [0.15, 0.2) is 30.3 Å². The minimum absolute atomic E-state index is 0.0641. The van der Waals surface area contributed by atoms with Crippen LogP contribution < -0.4 is 10.4 Å². The van der Waals surface area contributed by atoms with Gasteiger partial charge in [-0.15, -0.1) is 0 Å². The van der Waals surface area contributed by atoms with Gasteiger partial charge in [0.2, 0.25) is 0 Å². The Morgan fingerprint density at radius 1 is 1.53 bits per heavy atom. The van der Waals surface area contributed by atoms with Crippen LogP contribution in [-0.2, 0) is 11.3 Å². The number of nitrogens with one attached hydrogen (secondary N) is 2. The molecule has 0 spiro atoms. The number of ether oxygens (including phenoxy) is 1. The molecule has 92 valence electrons. The van der Waals surface area contributed by atoms with Crippen molar-refractivity contribution in [1.29, 1.82) is 0 Å². The summed E-state index contributed by atoms with van der Waals surface area (Å²) in [4.78, 5) is 11.4. The molecule has 1 aliphatic rings. The van der Waals surface area contributed by atoms with E-state index in [1.165, 1.54) is 0 Å². The third kappa shape index (κ3) is 2.95. The van der Waals surface area contributed by atoms with Gasteiger partial charge >= 0.3 is 6.09 Å². The van der Waals surface area contributed by atoms with Crippen LogP contribution in [0.1, 0.15) is 12.5 Å². The molecule has 1 aromatic carbocycles. The van der Waals surface area contributed by atoms with Gasteiger partial charge in [0.25, 0.3) is 0 Å². The molecule has 1 saturated heterocycles. The third-order valence-corrected chi connectivity index (χ3v) is 3.05. The lowest BCUT2D eigenvalue weighted by Gasteiger charge is -2.44. The molecule has 1 aromatic rings. The number of hydroxylamine groups is 2. The van der Waals surface area contributed by atoms with E-state index in [1.807, 2.05) is 37.3 Å². The van der Waals surface area contributed by atoms with E-state index in [2.05, 4.69) is 5.32 Å². The molecule has 1 heterocycles. The molecular weight excluding hydrogens is 220 g/mol. The molecule has 0 radical (unpaired) electrons. The highest BCUT2D eigenvalue weighted by Crippen LogP contribution is 2.02.